The van der Waals surface area contributed by atoms with Crippen LogP contribution >= 0.6 is 45.3 Å². The lowest BCUT2D eigenvalue weighted by molar-refractivity contribution is 0.0651. The zero-order valence-electron chi connectivity index (χ0n) is 67.3. The molecule has 1 aliphatic heterocycles. The lowest BCUT2D eigenvalue weighted by atomic mass is 9.95. The SMILES string of the molecule is CCCCCCCCCCCCOc1cc2cc(-c3ccc(-c4cc5cc(OCCCCCCCCCCCC)c6c7sccc7cc(OCCCCCCCCCCCC)c6c5s4)c4c3C(=O)N(CCCCCCCCCCCC)C4=O)sc2c2c(OCCCCCCCCCCCC)cc3ccsc3c12. The summed E-state index contributed by atoms with van der Waals surface area (Å²) in [6, 6.07) is 22.4. The first-order chi connectivity index (χ1) is 52.9. The molecule has 0 saturated heterocycles. The molecule has 0 fully saturated rings. The van der Waals surface area contributed by atoms with Gasteiger partial charge in [-0.3, -0.25) is 14.5 Å². The number of unbranched alkanes of at least 4 members (excludes halogenated alkanes) is 45. The maximum atomic E-state index is 15.8. The average Bonchev–Trinajstić information content (AvgIpc) is 1.63. The minimum atomic E-state index is -0.182. The summed E-state index contributed by atoms with van der Waals surface area (Å²) in [7, 11) is 0. The van der Waals surface area contributed by atoms with Crippen molar-refractivity contribution in [2.75, 3.05) is 33.0 Å². The zero-order valence-corrected chi connectivity index (χ0v) is 70.6. The summed E-state index contributed by atoms with van der Waals surface area (Å²) in [4.78, 5) is 35.1. The number of carbonyl (C=O) groups excluding carboxylic acids is 2. The Bertz CT molecular complexity index is 3780. The van der Waals surface area contributed by atoms with Crippen molar-refractivity contribution >= 4 is 119 Å². The van der Waals surface area contributed by atoms with Crippen molar-refractivity contribution in [3.05, 3.63) is 82.6 Å². The summed E-state index contributed by atoms with van der Waals surface area (Å²) in [5.41, 5.74) is 2.68. The Morgan fingerprint density at radius 3 is 0.794 bits per heavy atom. The van der Waals surface area contributed by atoms with Gasteiger partial charge in [0.25, 0.3) is 11.8 Å². The molecule has 7 nitrogen and oxygen atoms in total. The highest BCUT2D eigenvalue weighted by Crippen LogP contribution is 2.53. The largest absolute Gasteiger partial charge is 0.493 e. The monoisotopic (exact) mass is 1530 g/mol. The van der Waals surface area contributed by atoms with Gasteiger partial charge in [0.15, 0.2) is 0 Å². The maximum absolute atomic E-state index is 15.8. The third-order valence-corrected chi connectivity index (χ3v) is 27.2. The molecule has 0 bridgehead atoms. The molecule has 0 spiro atoms. The number of carbonyl (C=O) groups is 2. The molecule has 586 valence electrons. The van der Waals surface area contributed by atoms with Crippen LogP contribution < -0.4 is 18.9 Å². The molecule has 107 heavy (non-hydrogen) atoms. The van der Waals surface area contributed by atoms with E-state index in [1.807, 2.05) is 0 Å². The molecule has 0 aliphatic carbocycles. The van der Waals surface area contributed by atoms with Crippen LogP contribution in [0.4, 0.5) is 0 Å². The van der Waals surface area contributed by atoms with Crippen molar-refractivity contribution in [1.82, 2.24) is 4.90 Å². The van der Waals surface area contributed by atoms with Crippen LogP contribution in [-0.2, 0) is 0 Å². The van der Waals surface area contributed by atoms with E-state index in [9.17, 15) is 0 Å². The van der Waals surface area contributed by atoms with E-state index < -0.39 is 0 Å². The number of hydrogen-bond acceptors (Lipinski definition) is 10. The highest BCUT2D eigenvalue weighted by Gasteiger charge is 2.40. The molecule has 5 aromatic carbocycles. The first-order valence-electron chi connectivity index (χ1n) is 44.2. The third kappa shape index (κ3) is 24.6. The Kier molecular flexibility index (Phi) is 37.7. The number of hydrogen-bond donors (Lipinski definition) is 0. The van der Waals surface area contributed by atoms with Gasteiger partial charge in [-0.05, 0) is 113 Å². The normalized spacial score (nSPS) is 12.6. The zero-order chi connectivity index (χ0) is 74.5. The van der Waals surface area contributed by atoms with Crippen LogP contribution in [0.25, 0.3) is 82.8 Å². The lowest BCUT2D eigenvalue weighted by Crippen LogP contribution is -2.30. The smallest absolute Gasteiger partial charge is 0.262 e. The highest BCUT2D eigenvalue weighted by atomic mass is 32.1. The number of rotatable bonds is 61. The standard InChI is InChI=1S/C96H137NO6S4/c1-6-11-16-21-26-31-36-41-46-51-60-97-95(98)85-77(83-71-75-69-81(102-63-54-49-44-39-34-29-24-19-14-9-4)87-89(93(75)106-83)79(67-73-58-65-104-91(73)87)100-61-52-47-42-37-32-27-22-17-12-7-2)56-57-78(86(85)96(97)99)84-72-76-70-82(103-64-55-50-45-40-35-30-25-20-15-10-5)88-90(94(76)107-84)80(68-74-59-66-105-92(74)88)101-62-53-48-43-38-33-28-23-18-13-8-3/h56-59,65-72H,6-55,60-64H2,1-5H3. The fraction of sp³-hybridized carbons (Fsp3) is 0.625. The number of imide groups is 1. The Balaban J connectivity index is 1.00. The molecule has 5 heterocycles. The second kappa shape index (κ2) is 47.9. The van der Waals surface area contributed by atoms with Gasteiger partial charge in [-0.25, -0.2) is 0 Å². The van der Waals surface area contributed by atoms with Gasteiger partial charge in [0.2, 0.25) is 0 Å². The quantitative estimate of drug-likeness (QED) is 0.0279. The summed E-state index contributed by atoms with van der Waals surface area (Å²) in [6.45, 7) is 14.5. The van der Waals surface area contributed by atoms with E-state index >= 15 is 9.59 Å². The lowest BCUT2D eigenvalue weighted by Gasteiger charge is -2.15. The van der Waals surface area contributed by atoms with Gasteiger partial charge in [-0.2, -0.15) is 0 Å². The first-order valence-corrected chi connectivity index (χ1v) is 47.6. The van der Waals surface area contributed by atoms with Gasteiger partial charge in [0.1, 0.15) is 23.0 Å². The van der Waals surface area contributed by atoms with E-state index in [1.54, 1.807) is 50.2 Å². The van der Waals surface area contributed by atoms with E-state index in [0.717, 1.165) is 156 Å². The first kappa shape index (κ1) is 84.3. The minimum Gasteiger partial charge on any atom is -0.493 e. The minimum absolute atomic E-state index is 0.182. The maximum Gasteiger partial charge on any atom is 0.262 e. The number of amides is 2. The van der Waals surface area contributed by atoms with Crippen molar-refractivity contribution in [3.63, 3.8) is 0 Å². The van der Waals surface area contributed by atoms with Crippen molar-refractivity contribution < 1.29 is 28.5 Å². The van der Waals surface area contributed by atoms with Crippen LogP contribution in [0, 0.1) is 0 Å². The predicted octanol–water partition coefficient (Wildman–Crippen LogP) is 32.9. The Morgan fingerprint density at radius 1 is 0.271 bits per heavy atom. The molecule has 4 aromatic heterocycles. The summed E-state index contributed by atoms with van der Waals surface area (Å²) in [5.74, 6) is 3.23. The Morgan fingerprint density at radius 2 is 0.514 bits per heavy atom. The van der Waals surface area contributed by atoms with Crippen LogP contribution in [0.5, 0.6) is 23.0 Å². The Labute approximate surface area is 662 Å². The molecule has 0 radical (unpaired) electrons. The number of thiophene rings is 4. The second-order valence-electron chi connectivity index (χ2n) is 31.7. The van der Waals surface area contributed by atoms with Crippen molar-refractivity contribution in [1.29, 1.82) is 0 Å². The van der Waals surface area contributed by atoms with Gasteiger partial charge in [-0.15, -0.1) is 45.3 Å². The fourth-order valence-corrected chi connectivity index (χ4v) is 20.8. The number of benzene rings is 5. The van der Waals surface area contributed by atoms with Crippen molar-refractivity contribution in [3.8, 4) is 43.9 Å². The summed E-state index contributed by atoms with van der Waals surface area (Å²) < 4.78 is 32.9. The third-order valence-electron chi connectivity index (χ3n) is 22.9. The highest BCUT2D eigenvalue weighted by molar-refractivity contribution is 7.24. The molecule has 2 amide bonds. The molecule has 0 unspecified atom stereocenters. The van der Waals surface area contributed by atoms with Gasteiger partial charge >= 0.3 is 0 Å². The van der Waals surface area contributed by atoms with Crippen LogP contribution in [-0.4, -0.2) is 49.7 Å². The van der Waals surface area contributed by atoms with Crippen LogP contribution in [0.15, 0.2) is 71.4 Å². The van der Waals surface area contributed by atoms with Gasteiger partial charge in [0, 0.05) is 67.8 Å². The second-order valence-corrected chi connectivity index (χ2v) is 35.6. The molecular formula is C96H137NO6S4. The molecule has 0 N–H and O–H groups in total. The summed E-state index contributed by atoms with van der Waals surface area (Å²) in [6.07, 6.45) is 62.7. The van der Waals surface area contributed by atoms with Gasteiger partial charge in [-0.1, -0.05) is 336 Å². The topological polar surface area (TPSA) is 74.3 Å². The van der Waals surface area contributed by atoms with Crippen molar-refractivity contribution in [2.45, 2.75) is 356 Å². The fourth-order valence-electron chi connectivity index (χ4n) is 16.5. The number of ether oxygens (including phenoxy) is 4. The average molecular weight is 1530 g/mol. The van der Waals surface area contributed by atoms with Crippen LogP contribution in [0.2, 0.25) is 0 Å². The van der Waals surface area contributed by atoms with E-state index in [0.29, 0.717) is 44.1 Å². The molecule has 9 aromatic rings. The summed E-state index contributed by atoms with van der Waals surface area (Å²) in [5, 5.41) is 13.3. The van der Waals surface area contributed by atoms with Crippen molar-refractivity contribution in [2.24, 2.45) is 0 Å². The van der Waals surface area contributed by atoms with Crippen LogP contribution in [0.1, 0.15) is 376 Å². The molecule has 11 heteroatoms. The molecular weight excluding hydrogens is 1390 g/mol. The number of fused-ring (bicyclic) bond motifs is 11. The molecule has 0 saturated carbocycles. The van der Waals surface area contributed by atoms with Gasteiger partial charge < -0.3 is 18.9 Å². The molecule has 0 atom stereocenters. The molecule has 10 rings (SSSR count). The summed E-state index contributed by atoms with van der Waals surface area (Å²) >= 11 is 7.02. The molecule has 1 aliphatic rings. The van der Waals surface area contributed by atoms with Crippen LogP contribution in [0.3, 0.4) is 0 Å². The Hall–Kier alpha value is -5.20. The van der Waals surface area contributed by atoms with E-state index in [1.165, 1.54) is 271 Å². The predicted molar refractivity (Wildman–Crippen MR) is 470 cm³/mol. The van der Waals surface area contributed by atoms with E-state index in [-0.39, 0.29) is 11.8 Å². The van der Waals surface area contributed by atoms with E-state index in [2.05, 4.69) is 106 Å². The number of nitrogens with zero attached hydrogens (tertiary/aromatic N) is 1. The van der Waals surface area contributed by atoms with E-state index in [4.69, 9.17) is 18.9 Å². The van der Waals surface area contributed by atoms with Gasteiger partial charge in [0.05, 0.1) is 37.6 Å².